The van der Waals surface area contributed by atoms with Crippen molar-refractivity contribution in [3.05, 3.63) is 15.6 Å². The normalized spacial score (nSPS) is 17.4. The van der Waals surface area contributed by atoms with Crippen molar-refractivity contribution in [2.45, 2.75) is 57.8 Å². The lowest BCUT2D eigenvalue weighted by molar-refractivity contribution is 0.123. The van der Waals surface area contributed by atoms with Crippen LogP contribution < -0.4 is 10.6 Å². The predicted octanol–water partition coefficient (Wildman–Crippen LogP) is 2.94. The predicted molar refractivity (Wildman–Crippen MR) is 105 cm³/mol. The SMILES string of the molecule is CN=C(NCCCOCC1CC1)NCCCc1nc2c(s1)CCCC2. The fourth-order valence-corrected chi connectivity index (χ4v) is 4.29. The number of aromatic nitrogens is 1. The third-order valence-electron chi connectivity index (χ3n) is 4.78. The Balaban J connectivity index is 1.23. The van der Waals surface area contributed by atoms with Gasteiger partial charge in [-0.2, -0.15) is 0 Å². The maximum Gasteiger partial charge on any atom is 0.190 e. The summed E-state index contributed by atoms with van der Waals surface area (Å²) in [6.45, 7) is 3.63. The molecule has 5 nitrogen and oxygen atoms in total. The Bertz CT molecular complexity index is 530. The van der Waals surface area contributed by atoms with E-state index in [1.54, 1.807) is 0 Å². The van der Waals surface area contributed by atoms with Crippen molar-refractivity contribution >= 4 is 17.3 Å². The number of guanidine groups is 1. The van der Waals surface area contributed by atoms with Gasteiger partial charge in [0.05, 0.1) is 10.7 Å². The zero-order valence-corrected chi connectivity index (χ0v) is 16.3. The number of hydrogen-bond donors (Lipinski definition) is 2. The van der Waals surface area contributed by atoms with E-state index >= 15 is 0 Å². The molecule has 140 valence electrons. The Morgan fingerprint density at radius 1 is 1.20 bits per heavy atom. The number of rotatable bonds is 10. The molecule has 0 radical (unpaired) electrons. The summed E-state index contributed by atoms with van der Waals surface area (Å²) in [6, 6.07) is 0. The highest BCUT2D eigenvalue weighted by Gasteiger charge is 2.20. The molecule has 0 spiro atoms. The van der Waals surface area contributed by atoms with Crippen molar-refractivity contribution in [2.24, 2.45) is 10.9 Å². The lowest BCUT2D eigenvalue weighted by atomic mass is 10.0. The molecular weight excluding hydrogens is 332 g/mol. The van der Waals surface area contributed by atoms with E-state index in [0.29, 0.717) is 0 Å². The van der Waals surface area contributed by atoms with Crippen LogP contribution >= 0.6 is 11.3 Å². The van der Waals surface area contributed by atoms with Crippen molar-refractivity contribution < 1.29 is 4.74 Å². The molecule has 3 rings (SSSR count). The molecule has 25 heavy (non-hydrogen) atoms. The standard InChI is InChI=1S/C19H32N4OS/c1-20-19(22-12-5-13-24-14-15-9-10-15)21-11-4-8-18-23-16-6-2-3-7-17(16)25-18/h15H,2-14H2,1H3,(H2,20,21,22). The molecule has 0 amide bonds. The average Bonchev–Trinajstić information content (AvgIpc) is 3.36. The van der Waals surface area contributed by atoms with E-state index in [1.807, 2.05) is 18.4 Å². The Kier molecular flexibility index (Phi) is 7.55. The summed E-state index contributed by atoms with van der Waals surface area (Å²) in [5.74, 6) is 1.74. The van der Waals surface area contributed by atoms with Gasteiger partial charge in [-0.1, -0.05) is 0 Å². The van der Waals surface area contributed by atoms with E-state index in [9.17, 15) is 0 Å². The molecule has 0 atom stereocenters. The molecule has 1 aromatic rings. The summed E-state index contributed by atoms with van der Waals surface area (Å²) >= 11 is 1.93. The minimum Gasteiger partial charge on any atom is -0.381 e. The minimum atomic E-state index is 0.842. The van der Waals surface area contributed by atoms with Crippen molar-refractivity contribution in [3.63, 3.8) is 0 Å². The lowest BCUT2D eigenvalue weighted by Crippen LogP contribution is -2.38. The van der Waals surface area contributed by atoms with Gasteiger partial charge < -0.3 is 15.4 Å². The number of thiazole rings is 1. The van der Waals surface area contributed by atoms with Gasteiger partial charge in [-0.3, -0.25) is 4.99 Å². The topological polar surface area (TPSA) is 58.5 Å². The summed E-state index contributed by atoms with van der Waals surface area (Å²) in [6.07, 6.45) is 11.0. The maximum atomic E-state index is 5.65. The third kappa shape index (κ3) is 6.59. The number of aryl methyl sites for hydroxylation is 3. The van der Waals surface area contributed by atoms with Gasteiger partial charge in [0.25, 0.3) is 0 Å². The summed E-state index contributed by atoms with van der Waals surface area (Å²) in [4.78, 5) is 10.6. The van der Waals surface area contributed by atoms with Gasteiger partial charge in [0.2, 0.25) is 0 Å². The first-order chi connectivity index (χ1) is 12.3. The highest BCUT2D eigenvalue weighted by molar-refractivity contribution is 7.11. The van der Waals surface area contributed by atoms with Crippen LogP contribution in [0.4, 0.5) is 0 Å². The van der Waals surface area contributed by atoms with Gasteiger partial charge in [-0.25, -0.2) is 4.98 Å². The van der Waals surface area contributed by atoms with Crippen molar-refractivity contribution in [3.8, 4) is 0 Å². The van der Waals surface area contributed by atoms with Gasteiger partial charge in [-0.15, -0.1) is 11.3 Å². The summed E-state index contributed by atoms with van der Waals surface area (Å²) in [5.41, 5.74) is 1.38. The second-order valence-corrected chi connectivity index (χ2v) is 8.25. The molecule has 1 heterocycles. The van der Waals surface area contributed by atoms with Crippen molar-refractivity contribution in [2.75, 3.05) is 33.4 Å². The Morgan fingerprint density at radius 2 is 2.00 bits per heavy atom. The zero-order chi connectivity index (χ0) is 17.3. The quantitative estimate of drug-likeness (QED) is 0.381. The number of nitrogens with zero attached hydrogens (tertiary/aromatic N) is 2. The summed E-state index contributed by atoms with van der Waals surface area (Å²) in [7, 11) is 1.83. The van der Waals surface area contributed by atoms with E-state index in [0.717, 1.165) is 57.4 Å². The lowest BCUT2D eigenvalue weighted by Gasteiger charge is -2.11. The molecule has 1 saturated carbocycles. The largest absolute Gasteiger partial charge is 0.381 e. The molecule has 1 fully saturated rings. The minimum absolute atomic E-state index is 0.842. The van der Waals surface area contributed by atoms with Crippen molar-refractivity contribution in [1.29, 1.82) is 0 Å². The molecule has 1 aromatic heterocycles. The molecule has 0 aromatic carbocycles. The number of nitrogens with one attached hydrogen (secondary N) is 2. The number of fused-ring (bicyclic) bond motifs is 1. The van der Waals surface area contributed by atoms with Gasteiger partial charge in [-0.05, 0) is 57.3 Å². The van der Waals surface area contributed by atoms with Crippen LogP contribution in [0.3, 0.4) is 0 Å². The van der Waals surface area contributed by atoms with Gasteiger partial charge >= 0.3 is 0 Å². The maximum absolute atomic E-state index is 5.65. The fourth-order valence-electron chi connectivity index (χ4n) is 3.09. The first-order valence-corrected chi connectivity index (χ1v) is 10.7. The second kappa shape index (κ2) is 10.1. The monoisotopic (exact) mass is 364 g/mol. The van der Waals surface area contributed by atoms with Crippen LogP contribution in [0.2, 0.25) is 0 Å². The molecule has 0 saturated heterocycles. The van der Waals surface area contributed by atoms with E-state index < -0.39 is 0 Å². The molecule has 0 bridgehead atoms. The molecule has 2 aliphatic carbocycles. The highest BCUT2D eigenvalue weighted by atomic mass is 32.1. The molecule has 0 aliphatic heterocycles. The summed E-state index contributed by atoms with van der Waals surface area (Å²) < 4.78 is 5.65. The number of ether oxygens (including phenoxy) is 1. The Morgan fingerprint density at radius 3 is 2.76 bits per heavy atom. The molecule has 6 heteroatoms. The smallest absolute Gasteiger partial charge is 0.190 e. The zero-order valence-electron chi connectivity index (χ0n) is 15.5. The van der Waals surface area contributed by atoms with E-state index in [2.05, 4.69) is 15.6 Å². The Hall–Kier alpha value is -1.14. The molecular formula is C19H32N4OS. The van der Waals surface area contributed by atoms with Crippen LogP contribution in [0.15, 0.2) is 4.99 Å². The van der Waals surface area contributed by atoms with Gasteiger partial charge in [0.15, 0.2) is 5.96 Å². The first-order valence-electron chi connectivity index (χ1n) is 9.85. The Labute approximate surface area is 155 Å². The highest BCUT2D eigenvalue weighted by Crippen LogP contribution is 2.28. The van der Waals surface area contributed by atoms with Crippen molar-refractivity contribution in [1.82, 2.24) is 15.6 Å². The second-order valence-electron chi connectivity index (χ2n) is 7.09. The van der Waals surface area contributed by atoms with E-state index in [4.69, 9.17) is 9.72 Å². The van der Waals surface area contributed by atoms with Crippen LogP contribution in [0.1, 0.15) is 54.1 Å². The van der Waals surface area contributed by atoms with Crippen LogP contribution in [-0.4, -0.2) is 44.3 Å². The third-order valence-corrected chi connectivity index (χ3v) is 6.00. The van der Waals surface area contributed by atoms with Gasteiger partial charge in [0, 0.05) is 44.6 Å². The van der Waals surface area contributed by atoms with Crippen LogP contribution in [-0.2, 0) is 24.0 Å². The van der Waals surface area contributed by atoms with E-state index in [-0.39, 0.29) is 0 Å². The fraction of sp³-hybridized carbons (Fsp3) is 0.789. The summed E-state index contributed by atoms with van der Waals surface area (Å²) in [5, 5.41) is 8.06. The van der Waals surface area contributed by atoms with Crippen LogP contribution in [0.25, 0.3) is 0 Å². The average molecular weight is 365 g/mol. The number of hydrogen-bond acceptors (Lipinski definition) is 4. The van der Waals surface area contributed by atoms with Crippen LogP contribution in [0, 0.1) is 5.92 Å². The number of aliphatic imine (C=N–C) groups is 1. The molecule has 2 aliphatic rings. The van der Waals surface area contributed by atoms with Crippen LogP contribution in [0.5, 0.6) is 0 Å². The molecule has 2 N–H and O–H groups in total. The first kappa shape index (κ1) is 18.6. The van der Waals surface area contributed by atoms with E-state index in [1.165, 1.54) is 54.1 Å². The van der Waals surface area contributed by atoms with Gasteiger partial charge in [0.1, 0.15) is 0 Å². The molecule has 0 unspecified atom stereocenters.